The molecule has 0 radical (unpaired) electrons. The molecule has 6 heteroatoms. The van der Waals surface area contributed by atoms with Gasteiger partial charge < -0.3 is 11.1 Å². The van der Waals surface area contributed by atoms with Gasteiger partial charge in [0.05, 0.1) is 5.56 Å². The lowest BCUT2D eigenvalue weighted by atomic mass is 9.87. The number of nitrogen functional groups attached to an aromatic ring is 1. The summed E-state index contributed by atoms with van der Waals surface area (Å²) in [7, 11) is 0. The number of hydrogen-bond acceptors (Lipinski definition) is 6. The van der Waals surface area contributed by atoms with E-state index in [2.05, 4.69) is 27.0 Å². The summed E-state index contributed by atoms with van der Waals surface area (Å²) in [6.07, 6.45) is 5.12. The van der Waals surface area contributed by atoms with Crippen LogP contribution in [0.2, 0.25) is 0 Å². The Bertz CT molecular complexity index is 590. The maximum Gasteiger partial charge on any atom is 0.149 e. The Hall–Kier alpha value is -1.14. The van der Waals surface area contributed by atoms with Crippen molar-refractivity contribution >= 4 is 33.7 Å². The number of aromatic nitrogens is 2. The van der Waals surface area contributed by atoms with Crippen LogP contribution in [0.3, 0.4) is 0 Å². The number of anilines is 2. The van der Waals surface area contributed by atoms with E-state index in [0.29, 0.717) is 11.9 Å². The highest BCUT2D eigenvalue weighted by atomic mass is 32.1. The average molecular weight is 308 g/mol. The van der Waals surface area contributed by atoms with Crippen LogP contribution < -0.4 is 11.1 Å². The Morgan fingerprint density at radius 3 is 2.95 bits per heavy atom. The molecule has 1 aliphatic rings. The van der Waals surface area contributed by atoms with Crippen LogP contribution in [0.15, 0.2) is 5.38 Å². The van der Waals surface area contributed by atoms with E-state index in [4.69, 9.17) is 5.73 Å². The summed E-state index contributed by atoms with van der Waals surface area (Å²) >= 11 is 3.09. The molecule has 0 aliphatic heterocycles. The zero-order valence-corrected chi connectivity index (χ0v) is 13.5. The second-order valence-electron chi connectivity index (χ2n) is 5.68. The van der Waals surface area contributed by atoms with E-state index >= 15 is 0 Å². The zero-order chi connectivity index (χ0) is 14.1. The summed E-state index contributed by atoms with van der Waals surface area (Å²) in [4.78, 5) is 4.55. The van der Waals surface area contributed by atoms with Crippen LogP contribution in [0.5, 0.6) is 0 Å². The lowest BCUT2D eigenvalue weighted by Crippen LogP contribution is -2.25. The van der Waals surface area contributed by atoms with E-state index in [-0.39, 0.29) is 0 Å². The number of nitrogens with one attached hydrogen (secondary N) is 1. The smallest absolute Gasteiger partial charge is 0.149 e. The fourth-order valence-electron chi connectivity index (χ4n) is 2.83. The molecule has 0 bridgehead atoms. The number of hydrogen-bond donors (Lipinski definition) is 2. The van der Waals surface area contributed by atoms with Crippen LogP contribution >= 0.6 is 22.9 Å². The zero-order valence-electron chi connectivity index (χ0n) is 11.8. The van der Waals surface area contributed by atoms with Crippen molar-refractivity contribution in [1.82, 2.24) is 9.36 Å². The number of aryl methyl sites for hydroxylation is 1. The van der Waals surface area contributed by atoms with Gasteiger partial charge in [0.15, 0.2) is 0 Å². The molecule has 2 atom stereocenters. The first-order valence-corrected chi connectivity index (χ1v) is 8.73. The minimum atomic E-state index is 0.540. The van der Waals surface area contributed by atoms with Gasteiger partial charge in [-0.3, -0.25) is 0 Å². The topological polar surface area (TPSA) is 63.8 Å². The number of nitrogens with zero attached hydrogens (tertiary/aromatic N) is 2. The highest BCUT2D eigenvalue weighted by Gasteiger charge is 2.23. The van der Waals surface area contributed by atoms with Gasteiger partial charge in [-0.1, -0.05) is 19.8 Å². The first-order chi connectivity index (χ1) is 9.63. The minimum Gasteiger partial charge on any atom is -0.382 e. The fourth-order valence-corrected chi connectivity index (χ4v) is 4.54. The number of nitrogens with two attached hydrogens (primary N) is 1. The summed E-state index contributed by atoms with van der Waals surface area (Å²) in [6.45, 7) is 4.34. The highest BCUT2D eigenvalue weighted by molar-refractivity contribution is 7.15. The predicted molar refractivity (Wildman–Crippen MR) is 87.4 cm³/mol. The van der Waals surface area contributed by atoms with E-state index in [9.17, 15) is 0 Å². The molecule has 108 valence electrons. The fraction of sp³-hybridized carbons (Fsp3) is 0.571. The van der Waals surface area contributed by atoms with Gasteiger partial charge >= 0.3 is 0 Å². The van der Waals surface area contributed by atoms with Gasteiger partial charge in [0, 0.05) is 17.1 Å². The van der Waals surface area contributed by atoms with Crippen LogP contribution in [0, 0.1) is 12.8 Å². The lowest BCUT2D eigenvalue weighted by Gasteiger charge is -2.27. The molecule has 0 amide bonds. The Labute approximate surface area is 127 Å². The van der Waals surface area contributed by atoms with Crippen molar-refractivity contribution in [1.29, 1.82) is 0 Å². The third-order valence-electron chi connectivity index (χ3n) is 3.82. The summed E-state index contributed by atoms with van der Waals surface area (Å²) in [5, 5.41) is 7.76. The first-order valence-electron chi connectivity index (χ1n) is 7.07. The van der Waals surface area contributed by atoms with Gasteiger partial charge in [0.1, 0.15) is 15.8 Å². The van der Waals surface area contributed by atoms with Gasteiger partial charge in [-0.2, -0.15) is 4.37 Å². The number of rotatable bonds is 3. The van der Waals surface area contributed by atoms with Crippen LogP contribution in [0.1, 0.15) is 38.3 Å². The van der Waals surface area contributed by atoms with Gasteiger partial charge in [0.25, 0.3) is 0 Å². The Kier molecular flexibility index (Phi) is 3.94. The van der Waals surface area contributed by atoms with Crippen LogP contribution in [0.4, 0.5) is 10.8 Å². The SMILES string of the molecule is Cc1csc(-c2c(N)nsc2NC2CCCC(C)C2)n1. The van der Waals surface area contributed by atoms with Gasteiger partial charge in [-0.25, -0.2) is 4.98 Å². The summed E-state index contributed by atoms with van der Waals surface area (Å²) in [5.41, 5.74) is 8.07. The first kappa shape index (κ1) is 13.8. The molecule has 0 aromatic carbocycles. The Morgan fingerprint density at radius 2 is 2.25 bits per heavy atom. The number of thiazole rings is 1. The third kappa shape index (κ3) is 2.81. The summed E-state index contributed by atoms with van der Waals surface area (Å²) in [6, 6.07) is 0.540. The molecule has 0 spiro atoms. The summed E-state index contributed by atoms with van der Waals surface area (Å²) in [5.74, 6) is 1.40. The molecule has 20 heavy (non-hydrogen) atoms. The van der Waals surface area contributed by atoms with Crippen molar-refractivity contribution in [2.45, 2.75) is 45.6 Å². The van der Waals surface area contributed by atoms with E-state index in [1.165, 1.54) is 37.2 Å². The van der Waals surface area contributed by atoms with Crippen molar-refractivity contribution in [3.63, 3.8) is 0 Å². The van der Waals surface area contributed by atoms with Crippen molar-refractivity contribution in [2.75, 3.05) is 11.1 Å². The lowest BCUT2D eigenvalue weighted by molar-refractivity contribution is 0.359. The van der Waals surface area contributed by atoms with E-state index in [1.54, 1.807) is 11.3 Å². The normalized spacial score (nSPS) is 22.9. The molecule has 3 rings (SSSR count). The van der Waals surface area contributed by atoms with Gasteiger partial charge in [0.2, 0.25) is 0 Å². The molecule has 3 N–H and O–H groups in total. The van der Waals surface area contributed by atoms with E-state index in [0.717, 1.165) is 27.2 Å². The molecule has 1 fully saturated rings. The molecule has 4 nitrogen and oxygen atoms in total. The molecule has 0 saturated heterocycles. The minimum absolute atomic E-state index is 0.540. The van der Waals surface area contributed by atoms with Crippen molar-refractivity contribution < 1.29 is 0 Å². The third-order valence-corrected chi connectivity index (χ3v) is 5.59. The second-order valence-corrected chi connectivity index (χ2v) is 7.31. The molecule has 2 aromatic heterocycles. The molecule has 1 saturated carbocycles. The predicted octanol–water partition coefficient (Wildman–Crippen LogP) is 4.15. The maximum atomic E-state index is 6.04. The van der Waals surface area contributed by atoms with E-state index in [1.807, 2.05) is 6.92 Å². The van der Waals surface area contributed by atoms with Gasteiger partial charge in [-0.15, -0.1) is 11.3 Å². The Balaban J connectivity index is 1.83. The molecule has 2 unspecified atom stereocenters. The second kappa shape index (κ2) is 5.69. The van der Waals surface area contributed by atoms with Crippen molar-refractivity contribution in [2.24, 2.45) is 5.92 Å². The van der Waals surface area contributed by atoms with Crippen LogP contribution in [0.25, 0.3) is 10.6 Å². The highest BCUT2D eigenvalue weighted by Crippen LogP contribution is 2.39. The summed E-state index contributed by atoms with van der Waals surface area (Å²) < 4.78 is 4.31. The molecule has 2 aromatic rings. The Morgan fingerprint density at radius 1 is 1.40 bits per heavy atom. The molecular formula is C14H20N4S2. The maximum absolute atomic E-state index is 6.04. The molecule has 2 heterocycles. The standard InChI is InChI=1S/C14H20N4S2/c1-8-4-3-5-10(6-8)17-14-11(12(15)18-20-14)13-16-9(2)7-19-13/h7-8,10,17H,3-6H2,1-2H3,(H2,15,18). The van der Waals surface area contributed by atoms with Crippen LogP contribution in [-0.4, -0.2) is 15.4 Å². The quantitative estimate of drug-likeness (QED) is 0.894. The van der Waals surface area contributed by atoms with Crippen LogP contribution in [-0.2, 0) is 0 Å². The van der Waals surface area contributed by atoms with Gasteiger partial charge in [-0.05, 0) is 37.2 Å². The molecule has 1 aliphatic carbocycles. The van der Waals surface area contributed by atoms with E-state index < -0.39 is 0 Å². The van der Waals surface area contributed by atoms with Crippen molar-refractivity contribution in [3.05, 3.63) is 11.1 Å². The average Bonchev–Trinajstić information content (AvgIpc) is 2.96. The largest absolute Gasteiger partial charge is 0.382 e. The monoisotopic (exact) mass is 308 g/mol. The molecular weight excluding hydrogens is 288 g/mol. The van der Waals surface area contributed by atoms with Crippen molar-refractivity contribution in [3.8, 4) is 10.6 Å².